The lowest BCUT2D eigenvalue weighted by Gasteiger charge is -2.34. The molecule has 2 aromatic carbocycles. The Hall–Kier alpha value is -2.16. The molecule has 0 N–H and O–H groups in total. The number of carbonyl (C=O) groups is 1. The summed E-state index contributed by atoms with van der Waals surface area (Å²) in [6.45, 7) is 4.31. The molecule has 1 aliphatic heterocycles. The van der Waals surface area contributed by atoms with Crippen molar-refractivity contribution in [2.45, 2.75) is 32.2 Å². The Balaban J connectivity index is 1.34. The van der Waals surface area contributed by atoms with Gasteiger partial charge in [-0.15, -0.1) is 0 Å². The predicted octanol–water partition coefficient (Wildman–Crippen LogP) is 4.38. The summed E-state index contributed by atoms with van der Waals surface area (Å²) in [6, 6.07) is 18.3. The molecule has 3 rings (SSSR count). The summed E-state index contributed by atoms with van der Waals surface area (Å²) in [5.41, 5.74) is 3.23. The highest BCUT2D eigenvalue weighted by molar-refractivity contribution is 9.10. The van der Waals surface area contributed by atoms with Gasteiger partial charge in [0.2, 0.25) is 5.91 Å². The van der Waals surface area contributed by atoms with Crippen molar-refractivity contribution in [3.63, 3.8) is 0 Å². The number of amides is 1. The van der Waals surface area contributed by atoms with Gasteiger partial charge in [-0.3, -0.25) is 9.69 Å². The molecule has 28 heavy (non-hydrogen) atoms. The van der Waals surface area contributed by atoms with Gasteiger partial charge >= 0.3 is 0 Å². The second-order valence-corrected chi connectivity index (χ2v) is 8.21. The van der Waals surface area contributed by atoms with Crippen molar-refractivity contribution in [2.24, 2.45) is 0 Å². The monoisotopic (exact) mass is 439 g/mol. The predicted molar refractivity (Wildman–Crippen MR) is 115 cm³/mol. The molecule has 0 aromatic heterocycles. The number of rotatable bonds is 7. The van der Waals surface area contributed by atoms with E-state index in [2.05, 4.69) is 51.2 Å². The fourth-order valence-corrected chi connectivity index (χ4v) is 3.78. The van der Waals surface area contributed by atoms with Crippen molar-refractivity contribution in [1.29, 1.82) is 5.26 Å². The minimum absolute atomic E-state index is 0.286. The number of benzene rings is 2. The zero-order chi connectivity index (χ0) is 19.8. The average Bonchev–Trinajstić information content (AvgIpc) is 2.73. The van der Waals surface area contributed by atoms with Gasteiger partial charge in [0.05, 0.1) is 11.6 Å². The number of halogens is 1. The third kappa shape index (κ3) is 6.19. The molecule has 0 radical (unpaired) electrons. The highest BCUT2D eigenvalue weighted by atomic mass is 79.9. The number of hydrogen-bond donors (Lipinski definition) is 0. The van der Waals surface area contributed by atoms with Crippen LogP contribution in [-0.2, 0) is 17.8 Å². The standard InChI is InChI=1S/C23H26BrN3O/c24-22-11-9-19(10-12-22)3-1-2-4-23(28)27-15-13-26(14-16-27)18-21-7-5-20(17-25)6-8-21/h5-12H,1-4,13-16,18H2. The van der Waals surface area contributed by atoms with Crippen LogP contribution < -0.4 is 0 Å². The molecule has 0 atom stereocenters. The summed E-state index contributed by atoms with van der Waals surface area (Å²) in [4.78, 5) is 16.8. The molecule has 5 heteroatoms. The van der Waals surface area contributed by atoms with Crippen LogP contribution >= 0.6 is 15.9 Å². The number of hydrogen-bond acceptors (Lipinski definition) is 3. The average molecular weight is 440 g/mol. The highest BCUT2D eigenvalue weighted by Crippen LogP contribution is 2.14. The molecule has 1 saturated heterocycles. The number of aryl methyl sites for hydroxylation is 1. The first-order valence-corrected chi connectivity index (χ1v) is 10.7. The minimum atomic E-state index is 0.286. The van der Waals surface area contributed by atoms with E-state index in [0.29, 0.717) is 12.0 Å². The number of unbranched alkanes of at least 4 members (excludes halogenated alkanes) is 1. The van der Waals surface area contributed by atoms with Crippen LogP contribution in [0.25, 0.3) is 0 Å². The molecule has 1 heterocycles. The molecule has 0 unspecified atom stereocenters. The SMILES string of the molecule is N#Cc1ccc(CN2CCN(C(=O)CCCCc3ccc(Br)cc3)CC2)cc1. The van der Waals surface area contributed by atoms with E-state index in [4.69, 9.17) is 5.26 Å². The first-order valence-electron chi connectivity index (χ1n) is 9.87. The largest absolute Gasteiger partial charge is 0.340 e. The quantitative estimate of drug-likeness (QED) is 0.601. The lowest BCUT2D eigenvalue weighted by atomic mass is 10.1. The van der Waals surface area contributed by atoms with Crippen molar-refractivity contribution in [3.05, 3.63) is 69.7 Å². The molecule has 0 saturated carbocycles. The topological polar surface area (TPSA) is 47.3 Å². The fourth-order valence-electron chi connectivity index (χ4n) is 3.51. The molecule has 0 spiro atoms. The van der Waals surface area contributed by atoms with E-state index in [9.17, 15) is 4.79 Å². The lowest BCUT2D eigenvalue weighted by molar-refractivity contribution is -0.133. The maximum atomic E-state index is 12.5. The molecular weight excluding hydrogens is 414 g/mol. The first kappa shape index (κ1) is 20.6. The lowest BCUT2D eigenvalue weighted by Crippen LogP contribution is -2.48. The van der Waals surface area contributed by atoms with Gasteiger partial charge in [0.25, 0.3) is 0 Å². The van der Waals surface area contributed by atoms with Gasteiger partial charge in [0.1, 0.15) is 0 Å². The Labute approximate surface area is 175 Å². The Morgan fingerprint density at radius 3 is 2.21 bits per heavy atom. The van der Waals surface area contributed by atoms with Crippen LogP contribution in [0.4, 0.5) is 0 Å². The van der Waals surface area contributed by atoms with E-state index in [1.165, 1.54) is 11.1 Å². The van der Waals surface area contributed by atoms with Gasteiger partial charge in [-0.25, -0.2) is 0 Å². The number of nitrogens with zero attached hydrogens (tertiary/aromatic N) is 3. The molecule has 4 nitrogen and oxygen atoms in total. The van der Waals surface area contributed by atoms with Crippen LogP contribution in [0.3, 0.4) is 0 Å². The Morgan fingerprint density at radius 2 is 1.57 bits per heavy atom. The van der Waals surface area contributed by atoms with Gasteiger partial charge in [-0.05, 0) is 54.7 Å². The molecule has 1 aliphatic rings. The summed E-state index contributed by atoms with van der Waals surface area (Å²) in [5, 5.41) is 8.88. The van der Waals surface area contributed by atoms with E-state index in [-0.39, 0.29) is 5.91 Å². The maximum absolute atomic E-state index is 12.5. The number of piperazine rings is 1. The second-order valence-electron chi connectivity index (χ2n) is 7.30. The molecule has 2 aromatic rings. The first-order chi connectivity index (χ1) is 13.6. The number of carbonyl (C=O) groups excluding carboxylic acids is 1. The Bertz CT molecular complexity index is 803. The van der Waals surface area contributed by atoms with Gasteiger partial charge in [-0.1, -0.05) is 40.2 Å². The van der Waals surface area contributed by atoms with E-state index in [1.807, 2.05) is 29.2 Å². The van der Waals surface area contributed by atoms with Gasteiger partial charge < -0.3 is 4.90 Å². The second kappa shape index (κ2) is 10.4. The van der Waals surface area contributed by atoms with Crippen LogP contribution in [0.2, 0.25) is 0 Å². The minimum Gasteiger partial charge on any atom is -0.340 e. The van der Waals surface area contributed by atoms with E-state index < -0.39 is 0 Å². The van der Waals surface area contributed by atoms with Crippen LogP contribution in [0.1, 0.15) is 36.0 Å². The molecule has 1 amide bonds. The highest BCUT2D eigenvalue weighted by Gasteiger charge is 2.20. The zero-order valence-corrected chi connectivity index (χ0v) is 17.7. The van der Waals surface area contributed by atoms with Gasteiger partial charge in [0.15, 0.2) is 0 Å². The van der Waals surface area contributed by atoms with Gasteiger partial charge in [0, 0.05) is 43.6 Å². The smallest absolute Gasteiger partial charge is 0.222 e. The van der Waals surface area contributed by atoms with Crippen molar-refractivity contribution in [2.75, 3.05) is 26.2 Å². The Morgan fingerprint density at radius 1 is 0.929 bits per heavy atom. The zero-order valence-electron chi connectivity index (χ0n) is 16.1. The van der Waals surface area contributed by atoms with Crippen LogP contribution in [0.15, 0.2) is 53.0 Å². The van der Waals surface area contributed by atoms with E-state index in [0.717, 1.165) is 56.5 Å². The molecule has 0 bridgehead atoms. The maximum Gasteiger partial charge on any atom is 0.222 e. The van der Waals surface area contributed by atoms with Crippen LogP contribution in [0, 0.1) is 11.3 Å². The third-order valence-electron chi connectivity index (χ3n) is 5.23. The van der Waals surface area contributed by atoms with Crippen molar-refractivity contribution >= 4 is 21.8 Å². The van der Waals surface area contributed by atoms with Crippen LogP contribution in [0.5, 0.6) is 0 Å². The number of nitriles is 1. The summed E-state index contributed by atoms with van der Waals surface area (Å²) >= 11 is 3.45. The summed E-state index contributed by atoms with van der Waals surface area (Å²) in [5.74, 6) is 0.286. The van der Waals surface area contributed by atoms with Crippen molar-refractivity contribution in [1.82, 2.24) is 9.80 Å². The van der Waals surface area contributed by atoms with Gasteiger partial charge in [-0.2, -0.15) is 5.26 Å². The summed E-state index contributed by atoms with van der Waals surface area (Å²) < 4.78 is 1.10. The summed E-state index contributed by atoms with van der Waals surface area (Å²) in [7, 11) is 0. The molecule has 0 aliphatic carbocycles. The summed E-state index contributed by atoms with van der Waals surface area (Å²) in [6.07, 6.45) is 3.66. The fraction of sp³-hybridized carbons (Fsp3) is 0.391. The Kier molecular flexibility index (Phi) is 7.64. The van der Waals surface area contributed by atoms with Crippen molar-refractivity contribution < 1.29 is 4.79 Å². The molecular formula is C23H26BrN3O. The molecule has 1 fully saturated rings. The van der Waals surface area contributed by atoms with E-state index >= 15 is 0 Å². The van der Waals surface area contributed by atoms with Crippen molar-refractivity contribution in [3.8, 4) is 6.07 Å². The van der Waals surface area contributed by atoms with E-state index in [1.54, 1.807) is 0 Å². The molecule has 146 valence electrons. The normalized spacial score (nSPS) is 14.6. The third-order valence-corrected chi connectivity index (χ3v) is 5.76. The van der Waals surface area contributed by atoms with Crippen LogP contribution in [-0.4, -0.2) is 41.9 Å².